The van der Waals surface area contributed by atoms with Crippen molar-refractivity contribution in [3.8, 4) is 0 Å². The molecule has 1 fully saturated rings. The van der Waals surface area contributed by atoms with E-state index in [9.17, 15) is 13.9 Å². The molecule has 0 radical (unpaired) electrons. The van der Waals surface area contributed by atoms with E-state index in [0.29, 0.717) is 25.2 Å². The standard InChI is InChI=1S/C11H13F2NO/c1-11(15)6-14(7-11)5-8-3-2-4-9(12)10(8)13/h2-4,15H,5-7H2,1H3. The van der Waals surface area contributed by atoms with E-state index in [0.717, 1.165) is 6.07 Å². The first-order chi connectivity index (χ1) is 6.98. The third-order valence-corrected chi connectivity index (χ3v) is 2.55. The van der Waals surface area contributed by atoms with E-state index in [1.54, 1.807) is 13.0 Å². The van der Waals surface area contributed by atoms with Gasteiger partial charge in [-0.1, -0.05) is 12.1 Å². The van der Waals surface area contributed by atoms with Crippen molar-refractivity contribution in [3.05, 3.63) is 35.4 Å². The molecule has 1 heterocycles. The number of nitrogens with zero attached hydrogens (tertiary/aromatic N) is 1. The van der Waals surface area contributed by atoms with E-state index in [1.807, 2.05) is 4.90 Å². The fourth-order valence-electron chi connectivity index (χ4n) is 1.94. The zero-order valence-electron chi connectivity index (χ0n) is 8.50. The molecule has 4 heteroatoms. The number of hydrogen-bond donors (Lipinski definition) is 1. The van der Waals surface area contributed by atoms with Crippen LogP contribution in [0.25, 0.3) is 0 Å². The second-order valence-electron chi connectivity index (χ2n) is 4.36. The highest BCUT2D eigenvalue weighted by Gasteiger charge is 2.36. The minimum Gasteiger partial charge on any atom is -0.388 e. The maximum Gasteiger partial charge on any atom is 0.163 e. The lowest BCUT2D eigenvalue weighted by atomic mass is 9.96. The molecule has 1 N–H and O–H groups in total. The van der Waals surface area contributed by atoms with Crippen LogP contribution >= 0.6 is 0 Å². The summed E-state index contributed by atoms with van der Waals surface area (Å²) in [7, 11) is 0. The van der Waals surface area contributed by atoms with Crippen molar-refractivity contribution in [3.63, 3.8) is 0 Å². The van der Waals surface area contributed by atoms with Crippen molar-refractivity contribution in [1.82, 2.24) is 4.90 Å². The molecule has 2 nitrogen and oxygen atoms in total. The fourth-order valence-corrected chi connectivity index (χ4v) is 1.94. The van der Waals surface area contributed by atoms with Gasteiger partial charge >= 0.3 is 0 Å². The summed E-state index contributed by atoms with van der Waals surface area (Å²) in [5, 5.41) is 9.48. The lowest BCUT2D eigenvalue weighted by molar-refractivity contribution is -0.0875. The SMILES string of the molecule is CC1(O)CN(Cc2cccc(F)c2F)C1. The molecular weight excluding hydrogens is 200 g/mol. The molecule has 1 aliphatic heterocycles. The number of hydrogen-bond acceptors (Lipinski definition) is 2. The van der Waals surface area contributed by atoms with Gasteiger partial charge in [0.2, 0.25) is 0 Å². The maximum atomic E-state index is 13.3. The maximum absolute atomic E-state index is 13.3. The van der Waals surface area contributed by atoms with E-state index in [-0.39, 0.29) is 0 Å². The number of aliphatic hydroxyl groups is 1. The zero-order chi connectivity index (χ0) is 11.1. The van der Waals surface area contributed by atoms with Crippen LogP contribution in [0.1, 0.15) is 12.5 Å². The van der Waals surface area contributed by atoms with Crippen LogP contribution < -0.4 is 0 Å². The van der Waals surface area contributed by atoms with Crippen molar-refractivity contribution in [1.29, 1.82) is 0 Å². The number of benzene rings is 1. The molecule has 82 valence electrons. The largest absolute Gasteiger partial charge is 0.388 e. The molecule has 0 amide bonds. The second-order valence-corrected chi connectivity index (χ2v) is 4.36. The van der Waals surface area contributed by atoms with Crippen LogP contribution in [0.5, 0.6) is 0 Å². The molecule has 0 aliphatic carbocycles. The zero-order valence-corrected chi connectivity index (χ0v) is 8.50. The molecule has 1 aliphatic rings. The van der Waals surface area contributed by atoms with Gasteiger partial charge in [0.05, 0.1) is 5.60 Å². The Kier molecular flexibility index (Phi) is 2.48. The number of likely N-dealkylation sites (tertiary alicyclic amines) is 1. The highest BCUT2D eigenvalue weighted by molar-refractivity contribution is 5.19. The molecule has 1 aromatic carbocycles. The van der Waals surface area contributed by atoms with Gasteiger partial charge in [-0.2, -0.15) is 0 Å². The van der Waals surface area contributed by atoms with E-state index < -0.39 is 17.2 Å². The Labute approximate surface area is 87.1 Å². The van der Waals surface area contributed by atoms with Crippen LogP contribution in [0.15, 0.2) is 18.2 Å². The summed E-state index contributed by atoms with van der Waals surface area (Å²) in [6, 6.07) is 4.15. The highest BCUT2D eigenvalue weighted by atomic mass is 19.2. The van der Waals surface area contributed by atoms with Gasteiger partial charge in [-0.3, -0.25) is 4.90 Å². The lowest BCUT2D eigenvalue weighted by Crippen LogP contribution is -2.59. The van der Waals surface area contributed by atoms with Crippen LogP contribution in [0, 0.1) is 11.6 Å². The normalized spacial score (nSPS) is 20.0. The molecule has 0 saturated carbocycles. The van der Waals surface area contributed by atoms with Gasteiger partial charge < -0.3 is 5.11 Å². The van der Waals surface area contributed by atoms with Crippen LogP contribution in [0.3, 0.4) is 0 Å². The smallest absolute Gasteiger partial charge is 0.163 e. The predicted molar refractivity (Wildman–Crippen MR) is 52.3 cm³/mol. The van der Waals surface area contributed by atoms with Crippen LogP contribution in [0.4, 0.5) is 8.78 Å². The lowest BCUT2D eigenvalue weighted by Gasteiger charge is -2.44. The Balaban J connectivity index is 2.03. The van der Waals surface area contributed by atoms with Crippen LogP contribution in [-0.4, -0.2) is 28.7 Å². The van der Waals surface area contributed by atoms with Gasteiger partial charge in [0.1, 0.15) is 0 Å². The monoisotopic (exact) mass is 213 g/mol. The molecule has 0 atom stereocenters. The Hall–Kier alpha value is -1.00. The molecule has 2 rings (SSSR count). The van der Waals surface area contributed by atoms with Gasteiger partial charge in [-0.05, 0) is 13.0 Å². The van der Waals surface area contributed by atoms with Gasteiger partial charge in [-0.25, -0.2) is 8.78 Å². The first kappa shape index (κ1) is 10.5. The van der Waals surface area contributed by atoms with E-state index in [1.165, 1.54) is 6.07 Å². The summed E-state index contributed by atoms with van der Waals surface area (Å²) in [4.78, 5) is 1.87. The van der Waals surface area contributed by atoms with E-state index in [2.05, 4.69) is 0 Å². The molecule has 0 aromatic heterocycles. The summed E-state index contributed by atoms with van der Waals surface area (Å²) in [6.07, 6.45) is 0. The third-order valence-electron chi connectivity index (χ3n) is 2.55. The summed E-state index contributed by atoms with van der Waals surface area (Å²) in [5.41, 5.74) is -0.338. The number of halogens is 2. The van der Waals surface area contributed by atoms with Gasteiger partial charge in [0, 0.05) is 25.2 Å². The predicted octanol–water partition coefficient (Wildman–Crippen LogP) is 1.53. The summed E-state index contributed by atoms with van der Waals surface area (Å²) >= 11 is 0. The third kappa shape index (κ3) is 2.16. The summed E-state index contributed by atoms with van der Waals surface area (Å²) in [6.45, 7) is 3.08. The summed E-state index contributed by atoms with van der Waals surface area (Å²) < 4.78 is 26.1. The highest BCUT2D eigenvalue weighted by Crippen LogP contribution is 2.23. The molecule has 0 spiro atoms. The van der Waals surface area contributed by atoms with E-state index >= 15 is 0 Å². The quantitative estimate of drug-likeness (QED) is 0.805. The average molecular weight is 213 g/mol. The first-order valence-electron chi connectivity index (χ1n) is 4.85. The Morgan fingerprint density at radius 1 is 1.40 bits per heavy atom. The Morgan fingerprint density at radius 2 is 2.07 bits per heavy atom. The van der Waals surface area contributed by atoms with Gasteiger partial charge in [0.25, 0.3) is 0 Å². The topological polar surface area (TPSA) is 23.5 Å². The van der Waals surface area contributed by atoms with Crippen molar-refractivity contribution in [2.45, 2.75) is 19.1 Å². The van der Waals surface area contributed by atoms with Crippen LogP contribution in [-0.2, 0) is 6.54 Å². The van der Waals surface area contributed by atoms with Crippen molar-refractivity contribution in [2.24, 2.45) is 0 Å². The number of β-amino-alcohol motifs (C(OH)–C–C–N with tert-alkyl or cyclic N) is 1. The first-order valence-corrected chi connectivity index (χ1v) is 4.85. The Bertz CT molecular complexity index is 371. The Morgan fingerprint density at radius 3 is 2.67 bits per heavy atom. The fraction of sp³-hybridized carbons (Fsp3) is 0.455. The molecule has 1 saturated heterocycles. The molecule has 15 heavy (non-hydrogen) atoms. The van der Waals surface area contributed by atoms with Crippen molar-refractivity contribution >= 4 is 0 Å². The van der Waals surface area contributed by atoms with Crippen LogP contribution in [0.2, 0.25) is 0 Å². The average Bonchev–Trinajstić information content (AvgIpc) is 2.10. The second kappa shape index (κ2) is 3.54. The van der Waals surface area contributed by atoms with Gasteiger partial charge in [-0.15, -0.1) is 0 Å². The van der Waals surface area contributed by atoms with Crippen molar-refractivity contribution < 1.29 is 13.9 Å². The minimum absolute atomic E-state index is 0.338. The van der Waals surface area contributed by atoms with Gasteiger partial charge in [0.15, 0.2) is 11.6 Å². The molecule has 0 unspecified atom stereocenters. The molecule has 1 aromatic rings. The van der Waals surface area contributed by atoms with Crippen molar-refractivity contribution in [2.75, 3.05) is 13.1 Å². The summed E-state index contributed by atoms with van der Waals surface area (Å²) in [5.74, 6) is -1.61. The van der Waals surface area contributed by atoms with E-state index in [4.69, 9.17) is 0 Å². The molecule has 0 bridgehead atoms. The molecular formula is C11H13F2NO. The minimum atomic E-state index is -0.820. The number of rotatable bonds is 2.